The van der Waals surface area contributed by atoms with Gasteiger partial charge in [-0.15, -0.1) is 0 Å². The number of halogens is 1. The Hall–Kier alpha value is -1.52. The van der Waals surface area contributed by atoms with Crippen LogP contribution in [0.4, 0.5) is 4.39 Å². The number of nitrogens with zero attached hydrogens (tertiary/aromatic N) is 1. The second kappa shape index (κ2) is 6.77. The molecule has 1 heterocycles. The van der Waals surface area contributed by atoms with Crippen LogP contribution in [0.5, 0.6) is 0 Å². The monoisotopic (exact) mass is 291 g/mol. The molecule has 0 amide bonds. The van der Waals surface area contributed by atoms with Crippen LogP contribution in [0.1, 0.15) is 22.8 Å². The molecule has 0 fully saturated rings. The van der Waals surface area contributed by atoms with E-state index in [0.29, 0.717) is 6.54 Å². The predicted molar refractivity (Wildman–Crippen MR) is 80.5 cm³/mol. The Bertz CT molecular complexity index is 568. The third-order valence-electron chi connectivity index (χ3n) is 3.21. The second-order valence-corrected chi connectivity index (χ2v) is 5.85. The quantitative estimate of drug-likeness (QED) is 0.754. The van der Waals surface area contributed by atoms with Gasteiger partial charge in [0, 0.05) is 19.0 Å². The molecule has 1 atom stereocenters. The van der Waals surface area contributed by atoms with E-state index in [2.05, 4.69) is 16.3 Å². The lowest BCUT2D eigenvalue weighted by Crippen LogP contribution is -2.28. The van der Waals surface area contributed by atoms with E-state index in [4.69, 9.17) is 0 Å². The fourth-order valence-corrected chi connectivity index (χ4v) is 2.90. The number of carbonyl (C=O) groups excluding carboxylic acids is 1. The van der Waals surface area contributed by atoms with Crippen molar-refractivity contribution < 1.29 is 9.18 Å². The van der Waals surface area contributed by atoms with E-state index in [9.17, 15) is 9.18 Å². The highest BCUT2D eigenvalue weighted by molar-refractivity contribution is 7.07. The zero-order chi connectivity index (χ0) is 14.5. The second-order valence-electron chi connectivity index (χ2n) is 5.07. The van der Waals surface area contributed by atoms with Crippen molar-refractivity contribution in [1.29, 1.82) is 0 Å². The molecule has 0 spiro atoms. The summed E-state index contributed by atoms with van der Waals surface area (Å²) in [6.07, 6.45) is 0. The largest absolute Gasteiger partial charge is 0.301 e. The minimum absolute atomic E-state index is 0.139. The van der Waals surface area contributed by atoms with Gasteiger partial charge >= 0.3 is 0 Å². The maximum Gasteiger partial charge on any atom is 0.169 e. The third kappa shape index (κ3) is 3.74. The first kappa shape index (κ1) is 14.9. The predicted octanol–water partition coefficient (Wildman–Crippen LogP) is 3.84. The molecule has 0 saturated carbocycles. The van der Waals surface area contributed by atoms with Crippen molar-refractivity contribution in [3.05, 3.63) is 58.0 Å². The summed E-state index contributed by atoms with van der Waals surface area (Å²) in [7, 11) is 1.97. The minimum atomic E-state index is -0.440. The van der Waals surface area contributed by atoms with Crippen LogP contribution in [0.3, 0.4) is 0 Å². The van der Waals surface area contributed by atoms with Gasteiger partial charge in [-0.25, -0.2) is 4.39 Å². The van der Waals surface area contributed by atoms with Gasteiger partial charge in [0.1, 0.15) is 5.82 Å². The van der Waals surface area contributed by atoms with Crippen LogP contribution in [0, 0.1) is 11.7 Å². The first-order chi connectivity index (χ1) is 9.58. The van der Waals surface area contributed by atoms with Gasteiger partial charge in [0.25, 0.3) is 0 Å². The maximum atomic E-state index is 13.6. The lowest BCUT2D eigenvalue weighted by atomic mass is 9.98. The van der Waals surface area contributed by atoms with Crippen molar-refractivity contribution in [3.8, 4) is 0 Å². The molecule has 0 N–H and O–H groups in total. The van der Waals surface area contributed by atoms with Crippen LogP contribution in [-0.4, -0.2) is 24.3 Å². The molecule has 106 valence electrons. The number of thiophene rings is 1. The molecule has 0 bridgehead atoms. The molecule has 1 aromatic carbocycles. The summed E-state index contributed by atoms with van der Waals surface area (Å²) in [5, 5.41) is 4.14. The lowest BCUT2D eigenvalue weighted by Gasteiger charge is -2.20. The number of benzene rings is 1. The highest BCUT2D eigenvalue weighted by Gasteiger charge is 2.19. The molecule has 20 heavy (non-hydrogen) atoms. The Labute approximate surface area is 122 Å². The van der Waals surface area contributed by atoms with E-state index in [1.165, 1.54) is 11.6 Å². The van der Waals surface area contributed by atoms with E-state index in [-0.39, 0.29) is 17.3 Å². The molecular formula is C16H18FNOS. The normalized spacial score (nSPS) is 12.6. The molecule has 2 rings (SSSR count). The lowest BCUT2D eigenvalue weighted by molar-refractivity contribution is 0.0897. The van der Waals surface area contributed by atoms with Gasteiger partial charge in [-0.1, -0.05) is 19.1 Å². The fraction of sp³-hybridized carbons (Fsp3) is 0.312. The van der Waals surface area contributed by atoms with Crippen molar-refractivity contribution >= 4 is 17.1 Å². The van der Waals surface area contributed by atoms with Gasteiger partial charge in [0.15, 0.2) is 5.78 Å². The van der Waals surface area contributed by atoms with Gasteiger partial charge in [-0.2, -0.15) is 11.3 Å². The number of rotatable bonds is 6. The number of hydrogen-bond acceptors (Lipinski definition) is 3. The smallest absolute Gasteiger partial charge is 0.169 e. The summed E-state index contributed by atoms with van der Waals surface area (Å²) in [6, 6.07) is 8.24. The van der Waals surface area contributed by atoms with Crippen LogP contribution in [-0.2, 0) is 6.54 Å². The molecule has 2 aromatic rings. The Morgan fingerprint density at radius 2 is 2.10 bits per heavy atom. The molecule has 2 nitrogen and oxygen atoms in total. The van der Waals surface area contributed by atoms with Crippen molar-refractivity contribution in [2.75, 3.05) is 13.6 Å². The van der Waals surface area contributed by atoms with E-state index in [1.54, 1.807) is 29.5 Å². The standard InChI is InChI=1S/C16H18FNOS/c1-12(9-18(2)10-13-7-8-20-11-13)16(19)14-5-3-4-6-15(14)17/h3-8,11-12H,9-10H2,1-2H3. The van der Waals surface area contributed by atoms with Gasteiger partial charge in [0.2, 0.25) is 0 Å². The molecule has 0 aliphatic carbocycles. The average Bonchev–Trinajstić information content (AvgIpc) is 2.91. The summed E-state index contributed by atoms with van der Waals surface area (Å²) in [5.74, 6) is -0.805. The van der Waals surface area contributed by atoms with Gasteiger partial charge in [0.05, 0.1) is 5.56 Å². The van der Waals surface area contributed by atoms with Gasteiger partial charge in [-0.05, 0) is 41.6 Å². The summed E-state index contributed by atoms with van der Waals surface area (Å²) < 4.78 is 13.6. The molecule has 0 saturated heterocycles. The average molecular weight is 291 g/mol. The topological polar surface area (TPSA) is 20.3 Å². The van der Waals surface area contributed by atoms with Crippen molar-refractivity contribution in [2.45, 2.75) is 13.5 Å². The van der Waals surface area contributed by atoms with Gasteiger partial charge in [-0.3, -0.25) is 4.79 Å². The first-order valence-electron chi connectivity index (χ1n) is 6.56. The molecule has 0 radical (unpaired) electrons. The Balaban J connectivity index is 1.96. The van der Waals surface area contributed by atoms with Gasteiger partial charge < -0.3 is 4.90 Å². The van der Waals surface area contributed by atoms with E-state index < -0.39 is 5.82 Å². The van der Waals surface area contributed by atoms with Crippen LogP contribution >= 0.6 is 11.3 Å². The van der Waals surface area contributed by atoms with E-state index in [1.807, 2.05) is 19.4 Å². The summed E-state index contributed by atoms with van der Waals surface area (Å²) in [6.45, 7) is 3.26. The SMILES string of the molecule is CC(CN(C)Cc1ccsc1)C(=O)c1ccccc1F. The number of ketones is 1. The molecule has 0 aliphatic heterocycles. The fourth-order valence-electron chi connectivity index (χ4n) is 2.24. The number of Topliss-reactive ketones (excluding diaryl/α,β-unsaturated/α-hetero) is 1. The van der Waals surface area contributed by atoms with E-state index in [0.717, 1.165) is 6.54 Å². The summed E-state index contributed by atoms with van der Waals surface area (Å²) in [4.78, 5) is 14.3. The number of carbonyl (C=O) groups is 1. The zero-order valence-corrected chi connectivity index (χ0v) is 12.5. The zero-order valence-electron chi connectivity index (χ0n) is 11.7. The van der Waals surface area contributed by atoms with Crippen molar-refractivity contribution in [2.24, 2.45) is 5.92 Å². The van der Waals surface area contributed by atoms with Crippen LogP contribution in [0.15, 0.2) is 41.1 Å². The molecule has 1 unspecified atom stereocenters. The summed E-state index contributed by atoms with van der Waals surface area (Å²) >= 11 is 1.66. The Kier molecular flexibility index (Phi) is 5.04. The van der Waals surface area contributed by atoms with Crippen LogP contribution in [0.25, 0.3) is 0 Å². The van der Waals surface area contributed by atoms with Crippen molar-refractivity contribution in [3.63, 3.8) is 0 Å². The molecular weight excluding hydrogens is 273 g/mol. The third-order valence-corrected chi connectivity index (χ3v) is 3.94. The molecule has 1 aromatic heterocycles. The summed E-state index contributed by atoms with van der Waals surface area (Å²) in [5.41, 5.74) is 1.42. The molecule has 4 heteroatoms. The number of hydrogen-bond donors (Lipinski definition) is 0. The van der Waals surface area contributed by atoms with Crippen LogP contribution < -0.4 is 0 Å². The highest BCUT2D eigenvalue weighted by atomic mass is 32.1. The minimum Gasteiger partial charge on any atom is -0.301 e. The maximum absolute atomic E-state index is 13.6. The Morgan fingerprint density at radius 3 is 2.75 bits per heavy atom. The first-order valence-corrected chi connectivity index (χ1v) is 7.50. The van der Waals surface area contributed by atoms with Crippen LogP contribution in [0.2, 0.25) is 0 Å². The van der Waals surface area contributed by atoms with E-state index >= 15 is 0 Å². The molecule has 0 aliphatic rings. The van der Waals surface area contributed by atoms with Crippen molar-refractivity contribution in [1.82, 2.24) is 4.90 Å². The Morgan fingerprint density at radius 1 is 1.35 bits per heavy atom. The highest BCUT2D eigenvalue weighted by Crippen LogP contribution is 2.15.